The Kier molecular flexibility index (Phi) is 7.33. The number of hydrogen-bond donors (Lipinski definition) is 2. The van der Waals surface area contributed by atoms with E-state index in [-0.39, 0.29) is 12.8 Å². The largest absolute Gasteiger partial charge is 0.508 e. The third kappa shape index (κ3) is 5.15. The Hall–Kier alpha value is -3.37. The molecule has 4 aromatic rings. The minimum atomic E-state index is -0.210. The number of phenols is 1. The molecule has 2 aliphatic carbocycles. The number of ether oxygens (including phenoxy) is 1. The van der Waals surface area contributed by atoms with Gasteiger partial charge < -0.3 is 14.8 Å². The van der Waals surface area contributed by atoms with Crippen molar-refractivity contribution in [3.8, 4) is 5.75 Å². The first kappa shape index (κ1) is 24.9. The number of aryl methyl sites for hydroxylation is 1. The molecule has 1 heterocycles. The molecule has 2 N–H and O–H groups in total. The number of hydrogen-bond acceptors (Lipinski definition) is 2. The zero-order valence-electron chi connectivity index (χ0n) is 21.9. The Bertz CT molecular complexity index is 1430. The van der Waals surface area contributed by atoms with Crippen LogP contribution in [-0.2, 0) is 17.8 Å². The van der Waals surface area contributed by atoms with Gasteiger partial charge in [-0.15, -0.1) is 0 Å². The second-order valence-corrected chi connectivity index (χ2v) is 10.9. The molecular formula is C34H36FNO2. The van der Waals surface area contributed by atoms with E-state index in [0.717, 1.165) is 50.5 Å². The van der Waals surface area contributed by atoms with Crippen molar-refractivity contribution < 1.29 is 14.2 Å². The molecule has 1 saturated carbocycles. The summed E-state index contributed by atoms with van der Waals surface area (Å²) in [4.78, 5) is 3.37. The monoisotopic (exact) mass is 509 g/mol. The third-order valence-corrected chi connectivity index (χ3v) is 8.42. The first-order valence-electron chi connectivity index (χ1n) is 14.1. The minimum Gasteiger partial charge on any atom is -0.508 e. The highest BCUT2D eigenvalue weighted by Gasteiger charge is 2.25. The van der Waals surface area contributed by atoms with E-state index in [4.69, 9.17) is 4.74 Å². The van der Waals surface area contributed by atoms with Crippen molar-refractivity contribution in [2.75, 3.05) is 6.67 Å². The van der Waals surface area contributed by atoms with Gasteiger partial charge in [-0.3, -0.25) is 4.39 Å². The zero-order valence-corrected chi connectivity index (χ0v) is 21.9. The Morgan fingerprint density at radius 3 is 2.71 bits per heavy atom. The molecule has 4 heteroatoms. The maximum Gasteiger partial charge on any atom is 0.115 e. The first-order valence-corrected chi connectivity index (χ1v) is 14.1. The summed E-state index contributed by atoms with van der Waals surface area (Å²) in [6, 6.07) is 23.3. The fraction of sp³-hybridized carbons (Fsp3) is 0.353. The second-order valence-electron chi connectivity index (χ2n) is 10.9. The fourth-order valence-corrected chi connectivity index (χ4v) is 6.51. The van der Waals surface area contributed by atoms with Gasteiger partial charge in [-0.05, 0) is 121 Å². The number of rotatable bonds is 8. The lowest BCUT2D eigenvalue weighted by atomic mass is 9.86. The summed E-state index contributed by atoms with van der Waals surface area (Å²) >= 11 is 0. The van der Waals surface area contributed by atoms with Gasteiger partial charge in [-0.25, -0.2) is 0 Å². The maximum atomic E-state index is 12.5. The quantitative estimate of drug-likeness (QED) is 0.250. The molecule has 196 valence electrons. The molecule has 1 aromatic heterocycles. The standard InChI is InChI=1S/C34H36FNO2/c35-18-3-4-23-11-15-28(20-23)38-22-24-9-12-25(13-10-24)34-29-16-14-27(37)21-26(29)5-1-7-32(34)30-6-2-8-33-31(30)17-19-36-33/h2,6,8-10,12-14,16-17,19,21,23,28,36-37H,1,3-5,7,11,15,18,20,22H2/t23?,28-/m0/s1. The number of aromatic nitrogens is 1. The summed E-state index contributed by atoms with van der Waals surface area (Å²) in [5.74, 6) is 0.938. The molecule has 1 unspecified atom stereocenters. The maximum absolute atomic E-state index is 12.5. The molecule has 0 spiro atoms. The molecule has 0 bridgehead atoms. The van der Waals surface area contributed by atoms with E-state index >= 15 is 0 Å². The molecule has 2 atom stereocenters. The third-order valence-electron chi connectivity index (χ3n) is 8.42. The van der Waals surface area contributed by atoms with E-state index in [1.165, 1.54) is 44.3 Å². The van der Waals surface area contributed by atoms with E-state index in [1.807, 2.05) is 18.3 Å². The summed E-state index contributed by atoms with van der Waals surface area (Å²) in [7, 11) is 0. The van der Waals surface area contributed by atoms with E-state index in [2.05, 4.69) is 59.6 Å². The normalized spacial score (nSPS) is 19.6. The Labute approximate surface area is 224 Å². The van der Waals surface area contributed by atoms with Gasteiger partial charge in [-0.2, -0.15) is 0 Å². The van der Waals surface area contributed by atoms with Crippen LogP contribution >= 0.6 is 0 Å². The number of benzene rings is 3. The van der Waals surface area contributed by atoms with Gasteiger partial charge in [0.25, 0.3) is 0 Å². The van der Waals surface area contributed by atoms with Gasteiger partial charge in [-0.1, -0.05) is 42.5 Å². The number of halogens is 1. The van der Waals surface area contributed by atoms with E-state index < -0.39 is 0 Å². The lowest BCUT2D eigenvalue weighted by Gasteiger charge is -2.18. The van der Waals surface area contributed by atoms with Crippen LogP contribution in [0.5, 0.6) is 5.75 Å². The molecule has 1 fully saturated rings. The predicted octanol–water partition coefficient (Wildman–Crippen LogP) is 8.60. The number of H-pyrrole nitrogens is 1. The van der Waals surface area contributed by atoms with Crippen LogP contribution < -0.4 is 0 Å². The number of aromatic hydroxyl groups is 1. The van der Waals surface area contributed by atoms with Crippen molar-refractivity contribution >= 4 is 22.0 Å². The van der Waals surface area contributed by atoms with Gasteiger partial charge >= 0.3 is 0 Å². The summed E-state index contributed by atoms with van der Waals surface area (Å²) < 4.78 is 18.8. The second kappa shape index (κ2) is 11.2. The van der Waals surface area contributed by atoms with Crippen molar-refractivity contribution in [1.82, 2.24) is 4.98 Å². The van der Waals surface area contributed by atoms with Crippen LogP contribution in [0.3, 0.4) is 0 Å². The number of aromatic amines is 1. The first-order chi connectivity index (χ1) is 18.7. The van der Waals surface area contributed by atoms with Crippen molar-refractivity contribution in [3.05, 3.63) is 101 Å². The zero-order chi connectivity index (χ0) is 25.9. The van der Waals surface area contributed by atoms with Crippen molar-refractivity contribution in [2.45, 2.75) is 64.1 Å². The molecule has 0 aliphatic heterocycles. The summed E-state index contributed by atoms with van der Waals surface area (Å²) in [5, 5.41) is 11.5. The van der Waals surface area contributed by atoms with Gasteiger partial charge in [0.1, 0.15) is 5.75 Å². The predicted molar refractivity (Wildman–Crippen MR) is 153 cm³/mol. The highest BCUT2D eigenvalue weighted by atomic mass is 19.1. The van der Waals surface area contributed by atoms with Gasteiger partial charge in [0, 0.05) is 17.1 Å². The van der Waals surface area contributed by atoms with E-state index in [1.54, 1.807) is 0 Å². The smallest absolute Gasteiger partial charge is 0.115 e. The number of nitrogens with one attached hydrogen (secondary N) is 1. The SMILES string of the molecule is Oc1ccc2c(c1)CCCC(c1cccc3[nH]ccc13)=C2c1ccc(CO[C@H]2CCC(CCCF)C2)cc1. The molecule has 2 aliphatic rings. The minimum absolute atomic E-state index is 0.210. The van der Waals surface area contributed by atoms with Crippen LogP contribution in [0.1, 0.15) is 72.8 Å². The molecule has 0 radical (unpaired) electrons. The number of phenolic OH excluding ortho intramolecular Hbond substituents is 1. The summed E-state index contributed by atoms with van der Waals surface area (Å²) in [5.41, 5.74) is 9.81. The van der Waals surface area contributed by atoms with Gasteiger partial charge in [0.05, 0.1) is 19.4 Å². The number of fused-ring (bicyclic) bond motifs is 2. The fourth-order valence-electron chi connectivity index (χ4n) is 6.51. The van der Waals surface area contributed by atoms with Crippen molar-refractivity contribution in [2.24, 2.45) is 5.92 Å². The van der Waals surface area contributed by atoms with E-state index in [0.29, 0.717) is 24.7 Å². The average molecular weight is 510 g/mol. The molecule has 38 heavy (non-hydrogen) atoms. The average Bonchev–Trinajstić information content (AvgIpc) is 3.57. The Morgan fingerprint density at radius 2 is 1.84 bits per heavy atom. The lowest BCUT2D eigenvalue weighted by molar-refractivity contribution is 0.0426. The molecule has 0 saturated heterocycles. The topological polar surface area (TPSA) is 45.2 Å². The number of alkyl halides is 1. The molecule has 6 rings (SSSR count). The Morgan fingerprint density at radius 1 is 0.947 bits per heavy atom. The van der Waals surface area contributed by atoms with E-state index in [9.17, 15) is 9.50 Å². The summed E-state index contributed by atoms with van der Waals surface area (Å²) in [6.45, 7) is 0.401. The lowest BCUT2D eigenvalue weighted by Crippen LogP contribution is -2.09. The van der Waals surface area contributed by atoms with Crippen molar-refractivity contribution in [1.29, 1.82) is 0 Å². The summed E-state index contributed by atoms with van der Waals surface area (Å²) in [6.07, 6.45) is 10.2. The van der Waals surface area contributed by atoms with Crippen LogP contribution in [0.25, 0.3) is 22.0 Å². The highest BCUT2D eigenvalue weighted by Crippen LogP contribution is 2.42. The molecular weight excluding hydrogens is 473 g/mol. The van der Waals surface area contributed by atoms with Crippen LogP contribution in [-0.4, -0.2) is 22.9 Å². The van der Waals surface area contributed by atoms with Crippen LogP contribution in [0.4, 0.5) is 4.39 Å². The van der Waals surface area contributed by atoms with Crippen molar-refractivity contribution in [3.63, 3.8) is 0 Å². The molecule has 3 nitrogen and oxygen atoms in total. The molecule has 3 aromatic carbocycles. The Balaban J connectivity index is 1.31. The molecule has 0 amide bonds. The van der Waals surface area contributed by atoms with Crippen LogP contribution in [0.2, 0.25) is 0 Å². The highest BCUT2D eigenvalue weighted by molar-refractivity contribution is 6.05. The van der Waals surface area contributed by atoms with Crippen LogP contribution in [0, 0.1) is 5.92 Å². The van der Waals surface area contributed by atoms with Gasteiger partial charge in [0.15, 0.2) is 0 Å². The van der Waals surface area contributed by atoms with Gasteiger partial charge in [0.2, 0.25) is 0 Å². The van der Waals surface area contributed by atoms with Crippen LogP contribution in [0.15, 0.2) is 72.9 Å². The number of allylic oxidation sites excluding steroid dienone is 1.